The number of ketones is 1. The zero-order valence-electron chi connectivity index (χ0n) is 13.9. The average Bonchev–Trinajstić information content (AvgIpc) is 3.20. The molecule has 1 aliphatic heterocycles. The highest BCUT2D eigenvalue weighted by Gasteiger charge is 2.43. The fraction of sp³-hybridized carbons (Fsp3) is 0.611. The molecule has 1 unspecified atom stereocenters. The molecule has 126 valence electrons. The van der Waals surface area contributed by atoms with E-state index in [0.717, 1.165) is 43.2 Å². The lowest BCUT2D eigenvalue weighted by atomic mass is 9.97. The van der Waals surface area contributed by atoms with Crippen LogP contribution < -0.4 is 0 Å². The second-order valence-corrected chi connectivity index (χ2v) is 9.07. The molecule has 0 bridgehead atoms. The van der Waals surface area contributed by atoms with Crippen molar-refractivity contribution >= 4 is 15.8 Å². The molecule has 1 aromatic rings. The van der Waals surface area contributed by atoms with Crippen LogP contribution in [0.25, 0.3) is 0 Å². The average molecular weight is 335 g/mol. The predicted octanol–water partition coefficient (Wildman–Crippen LogP) is 3.22. The van der Waals surface area contributed by atoms with Crippen LogP contribution >= 0.6 is 0 Å². The molecule has 0 radical (unpaired) electrons. The smallest absolute Gasteiger partial charge is 0.217 e. The summed E-state index contributed by atoms with van der Waals surface area (Å²) in [4.78, 5) is 13.0. The first-order chi connectivity index (χ1) is 10.9. The Morgan fingerprint density at radius 1 is 1.09 bits per heavy atom. The Morgan fingerprint density at radius 2 is 1.78 bits per heavy atom. The van der Waals surface area contributed by atoms with Gasteiger partial charge in [-0.3, -0.25) is 4.79 Å². The van der Waals surface area contributed by atoms with Crippen LogP contribution in [0.5, 0.6) is 0 Å². The lowest BCUT2D eigenvalue weighted by Crippen LogP contribution is -2.44. The fourth-order valence-electron chi connectivity index (χ4n) is 3.87. The van der Waals surface area contributed by atoms with Crippen molar-refractivity contribution in [3.63, 3.8) is 0 Å². The van der Waals surface area contributed by atoms with Crippen molar-refractivity contribution in [1.29, 1.82) is 0 Å². The maximum absolute atomic E-state index is 13.0. The third-order valence-electron chi connectivity index (χ3n) is 5.22. The summed E-state index contributed by atoms with van der Waals surface area (Å²) < 4.78 is 27.3. The number of nitrogens with zero attached hydrogens (tertiary/aromatic N) is 1. The minimum absolute atomic E-state index is 0.0368. The summed E-state index contributed by atoms with van der Waals surface area (Å²) >= 11 is 0. The number of rotatable bonds is 4. The summed E-state index contributed by atoms with van der Waals surface area (Å²) in [5, 5.41) is -0.283. The second kappa shape index (κ2) is 6.36. The van der Waals surface area contributed by atoms with Gasteiger partial charge in [-0.05, 0) is 51.2 Å². The van der Waals surface area contributed by atoms with Crippen LogP contribution in [-0.4, -0.2) is 36.3 Å². The molecule has 3 rings (SSSR count). The molecule has 2 fully saturated rings. The van der Waals surface area contributed by atoms with Crippen molar-refractivity contribution in [1.82, 2.24) is 4.31 Å². The summed E-state index contributed by atoms with van der Waals surface area (Å²) in [5.74, 6) is -0.0368. The number of hydrogen-bond donors (Lipinski definition) is 0. The molecular formula is C18H25NO3S. The van der Waals surface area contributed by atoms with Crippen LogP contribution in [0.2, 0.25) is 0 Å². The number of sulfonamides is 1. The standard InChI is InChI=1S/C18H25NO3S/c1-13-9-10-14(2)16(12-13)18(20)17-8-5-11-19(17)23(21,22)15-6-3-4-7-15/h9-10,12,15,17H,3-8,11H2,1-2H3. The normalized spacial score (nSPS) is 23.5. The van der Waals surface area contributed by atoms with E-state index >= 15 is 0 Å². The number of carbonyl (C=O) groups is 1. The van der Waals surface area contributed by atoms with Gasteiger partial charge in [-0.1, -0.05) is 30.5 Å². The topological polar surface area (TPSA) is 54.5 Å². The predicted molar refractivity (Wildman–Crippen MR) is 91.2 cm³/mol. The molecule has 1 atom stereocenters. The fourth-order valence-corrected chi connectivity index (χ4v) is 6.12. The number of hydrogen-bond acceptors (Lipinski definition) is 3. The van der Waals surface area contributed by atoms with Crippen molar-refractivity contribution in [2.45, 2.75) is 63.7 Å². The number of benzene rings is 1. The van der Waals surface area contributed by atoms with Crippen molar-refractivity contribution in [2.24, 2.45) is 0 Å². The number of Topliss-reactive ketones (excluding diaryl/α,β-unsaturated/α-hetero) is 1. The van der Waals surface area contributed by atoms with E-state index < -0.39 is 16.1 Å². The first-order valence-electron chi connectivity index (χ1n) is 8.53. The van der Waals surface area contributed by atoms with Gasteiger partial charge in [-0.25, -0.2) is 8.42 Å². The van der Waals surface area contributed by atoms with E-state index in [1.165, 1.54) is 4.31 Å². The van der Waals surface area contributed by atoms with E-state index in [4.69, 9.17) is 0 Å². The summed E-state index contributed by atoms with van der Waals surface area (Å²) in [6, 6.07) is 5.29. The van der Waals surface area contributed by atoms with E-state index in [0.29, 0.717) is 18.5 Å². The van der Waals surface area contributed by atoms with Crippen LogP contribution in [0.3, 0.4) is 0 Å². The van der Waals surface area contributed by atoms with E-state index in [9.17, 15) is 13.2 Å². The van der Waals surface area contributed by atoms with Gasteiger partial charge in [0.05, 0.1) is 11.3 Å². The van der Waals surface area contributed by atoms with Gasteiger partial charge in [0.15, 0.2) is 5.78 Å². The second-order valence-electron chi connectivity index (χ2n) is 6.90. The first kappa shape index (κ1) is 16.7. The summed E-state index contributed by atoms with van der Waals surface area (Å²) in [7, 11) is -3.35. The SMILES string of the molecule is Cc1ccc(C)c(C(=O)C2CCCN2S(=O)(=O)C2CCCC2)c1. The largest absolute Gasteiger partial charge is 0.292 e. The molecule has 1 saturated heterocycles. The number of aryl methyl sites for hydroxylation is 2. The maximum Gasteiger partial charge on any atom is 0.217 e. The van der Waals surface area contributed by atoms with Gasteiger partial charge in [0.1, 0.15) is 0 Å². The highest BCUT2D eigenvalue weighted by Crippen LogP contribution is 2.33. The Balaban J connectivity index is 1.89. The van der Waals surface area contributed by atoms with Gasteiger partial charge in [-0.2, -0.15) is 4.31 Å². The number of carbonyl (C=O) groups excluding carboxylic acids is 1. The molecule has 1 heterocycles. The highest BCUT2D eigenvalue weighted by molar-refractivity contribution is 7.89. The third-order valence-corrected chi connectivity index (χ3v) is 7.62. The maximum atomic E-state index is 13.0. The van der Waals surface area contributed by atoms with Gasteiger partial charge in [0.2, 0.25) is 10.0 Å². The van der Waals surface area contributed by atoms with E-state index in [1.807, 2.05) is 32.0 Å². The molecule has 2 aliphatic rings. The van der Waals surface area contributed by atoms with E-state index in [1.54, 1.807) is 0 Å². The molecule has 5 heteroatoms. The summed E-state index contributed by atoms with van der Waals surface area (Å²) in [6.07, 6.45) is 4.85. The molecule has 0 N–H and O–H groups in total. The van der Waals surface area contributed by atoms with Crippen LogP contribution in [-0.2, 0) is 10.0 Å². The van der Waals surface area contributed by atoms with Crippen LogP contribution in [0, 0.1) is 13.8 Å². The van der Waals surface area contributed by atoms with Gasteiger partial charge >= 0.3 is 0 Å². The van der Waals surface area contributed by atoms with E-state index in [-0.39, 0.29) is 11.0 Å². The summed E-state index contributed by atoms with van der Waals surface area (Å²) in [6.45, 7) is 4.36. The molecule has 1 aromatic carbocycles. The first-order valence-corrected chi connectivity index (χ1v) is 10.0. The highest BCUT2D eigenvalue weighted by atomic mass is 32.2. The van der Waals surface area contributed by atoms with Crippen molar-refractivity contribution in [3.8, 4) is 0 Å². The Kier molecular flexibility index (Phi) is 4.61. The third kappa shape index (κ3) is 3.09. The van der Waals surface area contributed by atoms with Crippen molar-refractivity contribution in [2.75, 3.05) is 6.54 Å². The molecule has 0 aromatic heterocycles. The van der Waals surface area contributed by atoms with Gasteiger partial charge in [-0.15, -0.1) is 0 Å². The van der Waals surface area contributed by atoms with Gasteiger partial charge < -0.3 is 0 Å². The van der Waals surface area contributed by atoms with Crippen LogP contribution in [0.4, 0.5) is 0 Å². The quantitative estimate of drug-likeness (QED) is 0.794. The molecule has 1 aliphatic carbocycles. The van der Waals surface area contributed by atoms with Crippen molar-refractivity contribution in [3.05, 3.63) is 34.9 Å². The Hall–Kier alpha value is -1.20. The van der Waals surface area contributed by atoms with Crippen LogP contribution in [0.15, 0.2) is 18.2 Å². The molecule has 0 amide bonds. The lowest BCUT2D eigenvalue weighted by molar-refractivity contribution is 0.0917. The van der Waals surface area contributed by atoms with Crippen LogP contribution in [0.1, 0.15) is 60.0 Å². The van der Waals surface area contributed by atoms with Crippen molar-refractivity contribution < 1.29 is 13.2 Å². The molecule has 1 saturated carbocycles. The molecule has 0 spiro atoms. The van der Waals surface area contributed by atoms with E-state index in [2.05, 4.69) is 0 Å². The Morgan fingerprint density at radius 3 is 2.48 bits per heavy atom. The Labute approximate surface area is 138 Å². The van der Waals surface area contributed by atoms with Gasteiger partial charge in [0, 0.05) is 12.1 Å². The summed E-state index contributed by atoms with van der Waals surface area (Å²) in [5.41, 5.74) is 2.62. The Bertz CT molecular complexity index is 705. The molecule has 23 heavy (non-hydrogen) atoms. The minimum atomic E-state index is -3.35. The minimum Gasteiger partial charge on any atom is -0.292 e. The lowest BCUT2D eigenvalue weighted by Gasteiger charge is -2.26. The monoisotopic (exact) mass is 335 g/mol. The zero-order chi connectivity index (χ0) is 16.6. The molecular weight excluding hydrogens is 310 g/mol. The molecule has 4 nitrogen and oxygen atoms in total. The van der Waals surface area contributed by atoms with Gasteiger partial charge in [0.25, 0.3) is 0 Å². The zero-order valence-corrected chi connectivity index (χ0v) is 14.7.